The number of aromatic nitrogens is 7. The van der Waals surface area contributed by atoms with Crippen LogP contribution in [0, 0.1) is 0 Å². The summed E-state index contributed by atoms with van der Waals surface area (Å²) in [6.45, 7) is 9.58. The summed E-state index contributed by atoms with van der Waals surface area (Å²) < 4.78 is 0. The van der Waals surface area contributed by atoms with Crippen LogP contribution in [-0.4, -0.2) is 109 Å². The third-order valence-electron chi connectivity index (χ3n) is 14.2. The highest BCUT2D eigenvalue weighted by atomic mass is 35.5. The number of halogens is 1. The van der Waals surface area contributed by atoms with Crippen LogP contribution in [0.1, 0.15) is 106 Å². The Morgan fingerprint density at radius 1 is 0.372 bits per heavy atom. The zero-order valence-electron chi connectivity index (χ0n) is 63.9. The van der Waals surface area contributed by atoms with Crippen LogP contribution in [0.3, 0.4) is 0 Å². The van der Waals surface area contributed by atoms with E-state index in [2.05, 4.69) is 72.1 Å². The number of anilines is 4. The van der Waals surface area contributed by atoms with Crippen LogP contribution in [0.5, 0.6) is 0 Å². The van der Waals surface area contributed by atoms with E-state index in [9.17, 15) is 33.6 Å². The number of rotatable bonds is 28. The van der Waals surface area contributed by atoms with Gasteiger partial charge in [0, 0.05) is 210 Å². The summed E-state index contributed by atoms with van der Waals surface area (Å²) in [7, 11) is 5.73. The Morgan fingerprint density at radius 2 is 0.735 bits per heavy atom. The minimum absolute atomic E-state index is 0.0269. The first-order chi connectivity index (χ1) is 54.8. The number of nitrogens with zero attached hydrogens (tertiary/aromatic N) is 8. The number of ketones is 7. The first-order valence-electron chi connectivity index (χ1n) is 35.5. The SMILES string of the molecule is CC(C)(C)N/C=C\C(=O)c1ccccn1.CCN/C=C\C(=O)c1cccnc1.CN(C)c1ccc(N/C=C\C(=O)c2ccccn2)cc1.CN/C=C\C(=O)c1cccnc1.O=C(/C=C\NCc1ccccc1)c1ccccn1.O=C(/C=C\Nc1ccccc1)c1ccccn1.O=C(/C=C\Nc1ccccc1Cl)c1ccccn1. The summed E-state index contributed by atoms with van der Waals surface area (Å²) in [5.41, 5.74) is 8.32. The van der Waals surface area contributed by atoms with E-state index in [1.165, 1.54) is 48.1 Å². The van der Waals surface area contributed by atoms with Gasteiger partial charge in [0.05, 0.1) is 10.7 Å². The van der Waals surface area contributed by atoms with Crippen molar-refractivity contribution in [1.29, 1.82) is 0 Å². The van der Waals surface area contributed by atoms with E-state index >= 15 is 0 Å². The van der Waals surface area contributed by atoms with Crippen molar-refractivity contribution in [3.05, 3.63) is 416 Å². The Balaban J connectivity index is 0.000000237. The number of benzene rings is 4. The molecule has 0 saturated heterocycles. The van der Waals surface area contributed by atoms with Gasteiger partial charge in [-0.15, -0.1) is 0 Å². The molecule has 7 N–H and O–H groups in total. The molecule has 0 unspecified atom stereocenters. The Hall–Kier alpha value is -14.5. The molecular weight excluding hydrogens is 1440 g/mol. The topological polar surface area (TPSA) is 297 Å². The molecule has 0 radical (unpaired) electrons. The van der Waals surface area contributed by atoms with E-state index in [0.717, 1.165) is 29.3 Å². The molecule has 11 aromatic rings. The fraction of sp³-hybridized carbons (Fsp3) is 0.111. The Kier molecular flexibility index (Phi) is 42.0. The molecule has 4 aromatic carbocycles. The maximum absolute atomic E-state index is 11.8. The van der Waals surface area contributed by atoms with Crippen molar-refractivity contribution in [2.45, 2.75) is 39.8 Å². The smallest absolute Gasteiger partial charge is 0.205 e. The van der Waals surface area contributed by atoms with Crippen molar-refractivity contribution in [2.75, 3.05) is 48.5 Å². The number of carbonyl (C=O) groups is 7. The molecule has 576 valence electrons. The van der Waals surface area contributed by atoms with Gasteiger partial charge in [0.25, 0.3) is 0 Å². The second kappa shape index (κ2) is 53.3. The van der Waals surface area contributed by atoms with Gasteiger partial charge in [-0.05, 0) is 167 Å². The third kappa shape index (κ3) is 38.7. The Morgan fingerprint density at radius 3 is 1.12 bits per heavy atom. The monoisotopic (exact) mass is 1530 g/mol. The minimum Gasteiger partial charge on any atom is -0.394 e. The second-order valence-electron chi connectivity index (χ2n) is 24.3. The summed E-state index contributed by atoms with van der Waals surface area (Å²) in [5, 5.41) is 21.5. The van der Waals surface area contributed by atoms with Gasteiger partial charge in [-0.2, -0.15) is 0 Å². The number of allylic oxidation sites excluding steroid dienone is 7. The maximum atomic E-state index is 11.8. The van der Waals surface area contributed by atoms with Crippen LogP contribution in [0.15, 0.2) is 366 Å². The molecule has 113 heavy (non-hydrogen) atoms. The van der Waals surface area contributed by atoms with Crippen LogP contribution in [0.25, 0.3) is 0 Å². The lowest BCUT2D eigenvalue weighted by Gasteiger charge is -2.18. The van der Waals surface area contributed by atoms with Gasteiger partial charge >= 0.3 is 0 Å². The summed E-state index contributed by atoms with van der Waals surface area (Å²) in [4.78, 5) is 111. The van der Waals surface area contributed by atoms with Gasteiger partial charge in [0.1, 0.15) is 28.5 Å². The van der Waals surface area contributed by atoms with Gasteiger partial charge in [0.15, 0.2) is 11.6 Å². The van der Waals surface area contributed by atoms with E-state index in [1.54, 1.807) is 228 Å². The van der Waals surface area contributed by atoms with Crippen LogP contribution in [0.4, 0.5) is 22.7 Å². The average Bonchev–Trinajstić information content (AvgIpc) is 0.926. The van der Waals surface area contributed by atoms with Gasteiger partial charge < -0.3 is 42.1 Å². The molecule has 0 atom stereocenters. The molecule has 0 bridgehead atoms. The van der Waals surface area contributed by atoms with Crippen molar-refractivity contribution >= 4 is 74.8 Å². The number of pyridine rings is 7. The van der Waals surface area contributed by atoms with Gasteiger partial charge in [-0.1, -0.05) is 103 Å². The van der Waals surface area contributed by atoms with Crippen LogP contribution < -0.4 is 42.1 Å². The second-order valence-corrected chi connectivity index (χ2v) is 24.7. The van der Waals surface area contributed by atoms with Crippen molar-refractivity contribution < 1.29 is 33.6 Å². The highest BCUT2D eigenvalue weighted by Gasteiger charge is 2.09. The molecule has 0 aliphatic carbocycles. The zero-order chi connectivity index (χ0) is 81.4. The molecule has 0 spiro atoms. The first-order valence-corrected chi connectivity index (χ1v) is 35.8. The molecule has 0 saturated carbocycles. The molecule has 0 aliphatic rings. The van der Waals surface area contributed by atoms with E-state index in [1.807, 2.05) is 150 Å². The van der Waals surface area contributed by atoms with Crippen LogP contribution in [-0.2, 0) is 6.54 Å². The predicted octanol–water partition coefficient (Wildman–Crippen LogP) is 16.5. The number of para-hydroxylation sites is 2. The fourth-order valence-corrected chi connectivity index (χ4v) is 8.66. The maximum Gasteiger partial charge on any atom is 0.205 e. The third-order valence-corrected chi connectivity index (χ3v) is 14.5. The largest absolute Gasteiger partial charge is 0.394 e. The summed E-state index contributed by atoms with van der Waals surface area (Å²) >= 11 is 5.96. The lowest BCUT2D eigenvalue weighted by atomic mass is 10.1. The van der Waals surface area contributed by atoms with E-state index in [-0.39, 0.29) is 46.0 Å². The van der Waals surface area contributed by atoms with Gasteiger partial charge in [-0.3, -0.25) is 68.4 Å². The summed E-state index contributed by atoms with van der Waals surface area (Å²) in [5.74, 6) is -0.665. The average molecular weight is 1530 g/mol. The van der Waals surface area contributed by atoms with Crippen molar-refractivity contribution in [3.63, 3.8) is 0 Å². The van der Waals surface area contributed by atoms with Gasteiger partial charge in [0.2, 0.25) is 28.9 Å². The lowest BCUT2D eigenvalue weighted by molar-refractivity contribution is 0.103. The van der Waals surface area contributed by atoms with E-state index in [0.29, 0.717) is 51.2 Å². The zero-order valence-corrected chi connectivity index (χ0v) is 64.6. The number of carbonyl (C=O) groups excluding carboxylic acids is 7. The normalized spacial score (nSPS) is 10.5. The van der Waals surface area contributed by atoms with E-state index < -0.39 is 0 Å². The molecule has 7 aromatic heterocycles. The van der Waals surface area contributed by atoms with E-state index in [4.69, 9.17) is 11.6 Å². The molecule has 0 aliphatic heterocycles. The standard InChI is InChI=1S/C16H17N3O.C15H14N2O.C14H11ClN2O.C14H12N2O.C12H16N2O.C10H12N2O.C9H10N2O/c1-19(2)14-8-6-13(7-9-14)17-12-10-16(20)15-5-3-4-11-18-15;18-15(14-8-4-5-10-17-14)9-11-16-12-13-6-2-1-3-7-13;15-11-5-1-2-6-12(11)17-10-8-14(18)13-7-3-4-9-16-13;17-14(13-8-4-5-10-16-13)9-11-15-12-6-2-1-3-7-12;1-12(2,3)14-9-7-11(15)10-6-4-5-8-13-10;1-2-11-7-5-10(13)9-4-3-6-12-8-9;1-10-6-4-9(12)8-3-2-5-11-7-8/h3-12,17H,1-2H3;1-11,16H,12H2;1-10,17H;1-11,15H;4-9,14H,1-3H3;3-8,11H,2H2,1H3;2-7,10H,1H3/b12-10-;11-9-;10-8-;11-9-;9-7-;7-5-;6-4-. The van der Waals surface area contributed by atoms with Crippen LogP contribution in [0.2, 0.25) is 5.02 Å². The molecule has 22 nitrogen and oxygen atoms in total. The van der Waals surface area contributed by atoms with Crippen molar-refractivity contribution in [3.8, 4) is 0 Å². The summed E-state index contributed by atoms with van der Waals surface area (Å²) in [6, 6.07) is 68.2. The lowest BCUT2D eigenvalue weighted by Crippen LogP contribution is -2.31. The molecule has 0 amide bonds. The van der Waals surface area contributed by atoms with Gasteiger partial charge in [-0.25, -0.2) is 0 Å². The highest BCUT2D eigenvalue weighted by Crippen LogP contribution is 2.21. The molecular formula is C90H92ClN15O7. The highest BCUT2D eigenvalue weighted by molar-refractivity contribution is 6.33. The quantitative estimate of drug-likeness (QED) is 0.0177. The van der Waals surface area contributed by atoms with Crippen molar-refractivity contribution in [2.24, 2.45) is 0 Å². The predicted molar refractivity (Wildman–Crippen MR) is 452 cm³/mol. The molecule has 7 heterocycles. The van der Waals surface area contributed by atoms with Crippen LogP contribution >= 0.6 is 11.6 Å². The summed E-state index contributed by atoms with van der Waals surface area (Å²) in [6.07, 6.45) is 36.1. The fourth-order valence-electron chi connectivity index (χ4n) is 8.47. The molecule has 23 heteroatoms. The number of hydrogen-bond donors (Lipinski definition) is 7. The van der Waals surface area contributed by atoms with Crippen molar-refractivity contribution in [1.82, 2.24) is 56.2 Å². The Labute approximate surface area is 665 Å². The molecule has 11 rings (SSSR count). The first kappa shape index (κ1) is 89.1. The molecule has 0 fully saturated rings. The number of hydrogen-bond acceptors (Lipinski definition) is 22. The number of nitrogens with one attached hydrogen (secondary N) is 7. The Bertz CT molecular complexity index is 4810. The minimum atomic E-state index is -0.157.